The number of carbonyl (C=O) groups is 3. The number of hydrogen-bond acceptors (Lipinski definition) is 5. The second-order valence-electron chi connectivity index (χ2n) is 6.41. The molecule has 4 atom stereocenters. The van der Waals surface area contributed by atoms with Gasteiger partial charge in [0.25, 0.3) is 0 Å². The van der Waals surface area contributed by atoms with Gasteiger partial charge in [0.2, 0.25) is 11.8 Å². The molecule has 1 aromatic carbocycles. The molecule has 3 rings (SSSR count). The van der Waals surface area contributed by atoms with Crippen LogP contribution in [-0.2, 0) is 19.1 Å². The zero-order valence-corrected chi connectivity index (χ0v) is 13.6. The maximum Gasteiger partial charge on any atom is 0.326 e. The van der Waals surface area contributed by atoms with Crippen molar-refractivity contribution in [2.24, 2.45) is 11.8 Å². The van der Waals surface area contributed by atoms with E-state index in [9.17, 15) is 14.4 Å². The molecule has 2 amide bonds. The first-order valence-corrected chi connectivity index (χ1v) is 7.56. The van der Waals surface area contributed by atoms with Crippen molar-refractivity contribution in [1.82, 2.24) is 10.2 Å². The SMILES string of the molecule is COC(=O)[C@@]1(C)N[C@@H](c2ccccc2C)[C@@H]2C(=O)N(C)C(=O)[C@H]21. The third kappa shape index (κ3) is 2.01. The summed E-state index contributed by atoms with van der Waals surface area (Å²) in [6, 6.07) is 7.27. The fraction of sp³-hybridized carbons (Fsp3) is 0.471. The molecular formula is C17H20N2O4. The van der Waals surface area contributed by atoms with Crippen LogP contribution in [0.3, 0.4) is 0 Å². The average molecular weight is 316 g/mol. The number of esters is 1. The topological polar surface area (TPSA) is 75.7 Å². The normalized spacial score (nSPS) is 33.0. The molecule has 0 saturated carbocycles. The van der Waals surface area contributed by atoms with E-state index in [1.807, 2.05) is 31.2 Å². The average Bonchev–Trinajstić information content (AvgIpc) is 2.97. The largest absolute Gasteiger partial charge is 0.468 e. The highest BCUT2D eigenvalue weighted by molar-refractivity contribution is 6.09. The number of carbonyl (C=O) groups excluding carboxylic acids is 3. The molecule has 23 heavy (non-hydrogen) atoms. The number of nitrogens with zero attached hydrogens (tertiary/aromatic N) is 1. The van der Waals surface area contributed by atoms with Gasteiger partial charge in [-0.1, -0.05) is 24.3 Å². The third-order valence-corrected chi connectivity index (χ3v) is 5.14. The number of fused-ring (bicyclic) bond motifs is 1. The highest BCUT2D eigenvalue weighted by Crippen LogP contribution is 2.49. The molecule has 0 spiro atoms. The van der Waals surface area contributed by atoms with Crippen molar-refractivity contribution < 1.29 is 19.1 Å². The van der Waals surface area contributed by atoms with Crippen molar-refractivity contribution >= 4 is 17.8 Å². The number of nitrogens with one attached hydrogen (secondary N) is 1. The summed E-state index contributed by atoms with van der Waals surface area (Å²) in [6.45, 7) is 3.59. The molecule has 2 fully saturated rings. The van der Waals surface area contributed by atoms with Gasteiger partial charge in [-0.25, -0.2) is 0 Å². The lowest BCUT2D eigenvalue weighted by Gasteiger charge is -2.28. The van der Waals surface area contributed by atoms with Crippen LogP contribution in [0.1, 0.15) is 24.1 Å². The smallest absolute Gasteiger partial charge is 0.326 e. The minimum Gasteiger partial charge on any atom is -0.468 e. The third-order valence-electron chi connectivity index (χ3n) is 5.14. The summed E-state index contributed by atoms with van der Waals surface area (Å²) in [5.74, 6) is -2.47. The molecule has 0 bridgehead atoms. The Morgan fingerprint density at radius 3 is 2.52 bits per heavy atom. The molecule has 0 aromatic heterocycles. The number of rotatable bonds is 2. The van der Waals surface area contributed by atoms with Crippen molar-refractivity contribution in [3.63, 3.8) is 0 Å². The summed E-state index contributed by atoms with van der Waals surface area (Å²) >= 11 is 0. The van der Waals surface area contributed by atoms with Gasteiger partial charge in [-0.2, -0.15) is 0 Å². The number of amides is 2. The van der Waals surface area contributed by atoms with E-state index in [0.29, 0.717) is 0 Å². The number of methoxy groups -OCH3 is 1. The Morgan fingerprint density at radius 2 is 1.91 bits per heavy atom. The van der Waals surface area contributed by atoms with Crippen LogP contribution in [0.5, 0.6) is 0 Å². The van der Waals surface area contributed by atoms with Crippen molar-refractivity contribution in [3.8, 4) is 0 Å². The molecule has 2 aliphatic rings. The minimum absolute atomic E-state index is 0.256. The van der Waals surface area contributed by atoms with Crippen LogP contribution in [0, 0.1) is 18.8 Å². The first-order valence-electron chi connectivity index (χ1n) is 7.56. The van der Waals surface area contributed by atoms with Crippen LogP contribution < -0.4 is 5.32 Å². The number of likely N-dealkylation sites (tertiary alicyclic amines) is 1. The second kappa shape index (κ2) is 5.16. The first kappa shape index (κ1) is 15.7. The highest BCUT2D eigenvalue weighted by Gasteiger charge is 2.66. The predicted octanol–water partition coefficient (Wildman–Crippen LogP) is 0.802. The lowest BCUT2D eigenvalue weighted by Crippen LogP contribution is -2.53. The number of ether oxygens (including phenoxy) is 1. The van der Waals surface area contributed by atoms with Crippen LogP contribution >= 0.6 is 0 Å². The Bertz CT molecular complexity index is 702. The maximum atomic E-state index is 12.6. The van der Waals surface area contributed by atoms with Gasteiger partial charge in [-0.15, -0.1) is 0 Å². The van der Waals surface area contributed by atoms with Crippen molar-refractivity contribution in [1.29, 1.82) is 0 Å². The molecule has 2 saturated heterocycles. The van der Waals surface area contributed by atoms with Crippen LogP contribution in [0.2, 0.25) is 0 Å². The monoisotopic (exact) mass is 316 g/mol. The van der Waals surface area contributed by atoms with E-state index < -0.39 is 29.4 Å². The molecule has 0 aliphatic carbocycles. The van der Waals surface area contributed by atoms with Crippen molar-refractivity contribution in [2.45, 2.75) is 25.4 Å². The van der Waals surface area contributed by atoms with E-state index in [0.717, 1.165) is 16.0 Å². The second-order valence-corrected chi connectivity index (χ2v) is 6.41. The van der Waals surface area contributed by atoms with Gasteiger partial charge in [0.05, 0.1) is 18.9 Å². The maximum absolute atomic E-state index is 12.6. The minimum atomic E-state index is -1.22. The van der Waals surface area contributed by atoms with Crippen LogP contribution in [0.25, 0.3) is 0 Å². The summed E-state index contributed by atoms with van der Waals surface area (Å²) in [7, 11) is 2.76. The first-order chi connectivity index (χ1) is 10.8. The van der Waals surface area contributed by atoms with E-state index in [2.05, 4.69) is 5.32 Å². The summed E-state index contributed by atoms with van der Waals surface area (Å²) < 4.78 is 4.90. The molecular weight excluding hydrogens is 296 g/mol. The van der Waals surface area contributed by atoms with E-state index in [4.69, 9.17) is 4.74 Å². The molecule has 1 aromatic rings. The number of imide groups is 1. The molecule has 1 N–H and O–H groups in total. The molecule has 0 unspecified atom stereocenters. The molecule has 122 valence electrons. The Balaban J connectivity index is 2.14. The molecule has 0 radical (unpaired) electrons. The quantitative estimate of drug-likeness (QED) is 0.645. The van der Waals surface area contributed by atoms with Gasteiger partial charge in [-0.3, -0.25) is 24.6 Å². The molecule has 6 nitrogen and oxygen atoms in total. The van der Waals surface area contributed by atoms with E-state index in [1.165, 1.54) is 14.2 Å². The lowest BCUT2D eigenvalue weighted by atomic mass is 9.80. The van der Waals surface area contributed by atoms with Crippen molar-refractivity contribution in [2.75, 3.05) is 14.2 Å². The summed E-state index contributed by atoms with van der Waals surface area (Å²) in [4.78, 5) is 38.6. The molecule has 6 heteroatoms. The number of aryl methyl sites for hydroxylation is 1. The van der Waals surface area contributed by atoms with Gasteiger partial charge in [0, 0.05) is 13.1 Å². The van der Waals surface area contributed by atoms with Crippen LogP contribution in [0.4, 0.5) is 0 Å². The van der Waals surface area contributed by atoms with E-state index in [-0.39, 0.29) is 11.8 Å². The van der Waals surface area contributed by atoms with Gasteiger partial charge in [0.1, 0.15) is 5.54 Å². The zero-order chi connectivity index (χ0) is 16.9. The van der Waals surface area contributed by atoms with Gasteiger partial charge >= 0.3 is 5.97 Å². The number of hydrogen-bond donors (Lipinski definition) is 1. The summed E-state index contributed by atoms with van der Waals surface area (Å²) in [5, 5.41) is 3.22. The summed E-state index contributed by atoms with van der Waals surface area (Å²) in [5.41, 5.74) is 0.711. The van der Waals surface area contributed by atoms with Crippen LogP contribution in [0.15, 0.2) is 24.3 Å². The Hall–Kier alpha value is -2.21. The Labute approximate surface area is 134 Å². The Morgan fingerprint density at radius 1 is 1.26 bits per heavy atom. The van der Waals surface area contributed by atoms with E-state index in [1.54, 1.807) is 6.92 Å². The summed E-state index contributed by atoms with van der Waals surface area (Å²) in [6.07, 6.45) is 0. The van der Waals surface area contributed by atoms with Crippen LogP contribution in [-0.4, -0.2) is 42.4 Å². The van der Waals surface area contributed by atoms with Gasteiger partial charge in [-0.05, 0) is 25.0 Å². The Kier molecular flexibility index (Phi) is 3.52. The fourth-order valence-corrected chi connectivity index (χ4v) is 3.89. The number of benzene rings is 1. The van der Waals surface area contributed by atoms with Gasteiger partial charge < -0.3 is 4.74 Å². The van der Waals surface area contributed by atoms with Crippen molar-refractivity contribution in [3.05, 3.63) is 35.4 Å². The lowest BCUT2D eigenvalue weighted by molar-refractivity contribution is -0.152. The van der Waals surface area contributed by atoms with E-state index >= 15 is 0 Å². The van der Waals surface area contributed by atoms with Gasteiger partial charge in [0.15, 0.2) is 0 Å². The molecule has 2 aliphatic heterocycles. The highest BCUT2D eigenvalue weighted by atomic mass is 16.5. The fourth-order valence-electron chi connectivity index (χ4n) is 3.89. The predicted molar refractivity (Wildman–Crippen MR) is 82.2 cm³/mol. The molecule has 2 heterocycles. The zero-order valence-electron chi connectivity index (χ0n) is 13.6. The standard InChI is InChI=1S/C17H20N2O4/c1-9-7-5-6-8-10(9)13-11-12(15(21)19(3)14(11)20)17(2,18-13)16(22)23-4/h5-8,11-13,18H,1-4H3/t11-,12+,13+,17+/m1/s1.